The predicted octanol–water partition coefficient (Wildman–Crippen LogP) is 6.20. The fourth-order valence-electron chi connectivity index (χ4n) is 4.75. The molecule has 5 rings (SSSR count). The van der Waals surface area contributed by atoms with E-state index in [9.17, 15) is 4.79 Å². The van der Waals surface area contributed by atoms with Gasteiger partial charge in [0.25, 0.3) is 0 Å². The molecule has 180 valence electrons. The first-order valence-electron chi connectivity index (χ1n) is 11.8. The molecule has 0 radical (unpaired) electrons. The Morgan fingerprint density at radius 2 is 2.09 bits per heavy atom. The lowest BCUT2D eigenvalue weighted by Gasteiger charge is -2.16. The van der Waals surface area contributed by atoms with Crippen molar-refractivity contribution in [1.82, 2.24) is 9.55 Å². The minimum atomic E-state index is -0.219. The van der Waals surface area contributed by atoms with E-state index < -0.39 is 0 Å². The number of hydrogen-bond acceptors (Lipinski definition) is 5. The van der Waals surface area contributed by atoms with Crippen LogP contribution in [0.2, 0.25) is 5.02 Å². The Bertz CT molecular complexity index is 1410. The zero-order valence-corrected chi connectivity index (χ0v) is 20.9. The Morgan fingerprint density at radius 1 is 1.23 bits per heavy atom. The van der Waals surface area contributed by atoms with E-state index in [1.54, 1.807) is 0 Å². The number of imidazole rings is 1. The summed E-state index contributed by atoms with van der Waals surface area (Å²) in [5.41, 5.74) is 7.47. The summed E-state index contributed by atoms with van der Waals surface area (Å²) < 4.78 is 12.9. The molecule has 0 fully saturated rings. The normalized spacial score (nSPS) is 14.6. The molecule has 0 amide bonds. The molecule has 7 heteroatoms. The van der Waals surface area contributed by atoms with Gasteiger partial charge < -0.3 is 14.8 Å². The molecule has 0 aliphatic carbocycles. The maximum absolute atomic E-state index is 11.7. The highest BCUT2D eigenvalue weighted by Gasteiger charge is 2.27. The van der Waals surface area contributed by atoms with Crippen molar-refractivity contribution in [3.05, 3.63) is 82.1 Å². The predicted molar refractivity (Wildman–Crippen MR) is 139 cm³/mol. The molecule has 4 aromatic rings. The molecule has 1 aliphatic heterocycles. The van der Waals surface area contributed by atoms with Gasteiger partial charge in [-0.3, -0.25) is 9.36 Å². The lowest BCUT2D eigenvalue weighted by molar-refractivity contribution is -0.141. The molecule has 1 N–H and O–H groups in total. The van der Waals surface area contributed by atoms with E-state index in [1.165, 1.54) is 18.2 Å². The number of aromatic nitrogens is 2. The van der Waals surface area contributed by atoms with E-state index in [-0.39, 0.29) is 11.9 Å². The van der Waals surface area contributed by atoms with Crippen molar-refractivity contribution < 1.29 is 14.3 Å². The quantitative estimate of drug-likeness (QED) is 0.313. The lowest BCUT2D eigenvalue weighted by atomic mass is 9.97. The van der Waals surface area contributed by atoms with Gasteiger partial charge in [-0.2, -0.15) is 0 Å². The Hall–Kier alpha value is -3.51. The number of nitrogens with zero attached hydrogens (tertiary/aromatic N) is 2. The van der Waals surface area contributed by atoms with E-state index in [4.69, 9.17) is 26.1 Å². The molecule has 35 heavy (non-hydrogen) atoms. The minimum Gasteiger partial charge on any atom is -0.493 e. The first-order valence-corrected chi connectivity index (χ1v) is 12.2. The Labute approximate surface area is 209 Å². The second-order valence-corrected chi connectivity index (χ2v) is 9.24. The summed E-state index contributed by atoms with van der Waals surface area (Å²) >= 11 is 6.32. The van der Waals surface area contributed by atoms with Crippen molar-refractivity contribution >= 4 is 34.3 Å². The van der Waals surface area contributed by atoms with Gasteiger partial charge in [0.1, 0.15) is 11.6 Å². The van der Waals surface area contributed by atoms with Crippen molar-refractivity contribution in [3.63, 3.8) is 0 Å². The number of esters is 1. The van der Waals surface area contributed by atoms with Crippen LogP contribution in [0.4, 0.5) is 5.69 Å². The highest BCUT2D eigenvalue weighted by atomic mass is 35.5. The smallest absolute Gasteiger partial charge is 0.306 e. The molecule has 1 aromatic heterocycles. The molecule has 0 saturated heterocycles. The van der Waals surface area contributed by atoms with Gasteiger partial charge in [0.2, 0.25) is 0 Å². The molecule has 6 nitrogen and oxygen atoms in total. The van der Waals surface area contributed by atoms with Crippen molar-refractivity contribution in [2.75, 3.05) is 19.0 Å². The van der Waals surface area contributed by atoms with E-state index in [0.717, 1.165) is 46.0 Å². The van der Waals surface area contributed by atoms with Gasteiger partial charge in [0.05, 0.1) is 36.9 Å². The third kappa shape index (κ3) is 4.46. The Balaban J connectivity index is 1.39. The first kappa shape index (κ1) is 23.2. The highest BCUT2D eigenvalue weighted by Crippen LogP contribution is 2.38. The number of aryl methyl sites for hydroxylation is 1. The molecule has 0 bridgehead atoms. The van der Waals surface area contributed by atoms with Crippen LogP contribution in [0.15, 0.2) is 54.6 Å². The fraction of sp³-hybridized carbons (Fsp3) is 0.286. The van der Waals surface area contributed by atoms with E-state index in [2.05, 4.69) is 41.9 Å². The van der Waals surface area contributed by atoms with Crippen LogP contribution in [-0.2, 0) is 22.5 Å². The van der Waals surface area contributed by atoms with E-state index in [1.807, 2.05) is 36.4 Å². The minimum absolute atomic E-state index is 0.0386. The van der Waals surface area contributed by atoms with Gasteiger partial charge >= 0.3 is 5.97 Å². The molecule has 3 aromatic carbocycles. The van der Waals surface area contributed by atoms with Gasteiger partial charge in [0, 0.05) is 41.2 Å². The number of halogens is 1. The molecule has 2 heterocycles. The van der Waals surface area contributed by atoms with Crippen LogP contribution in [0, 0.1) is 6.92 Å². The third-order valence-corrected chi connectivity index (χ3v) is 6.91. The number of carbonyl (C=O) groups excluding carboxylic acids is 1. The van der Waals surface area contributed by atoms with Crippen LogP contribution in [0.25, 0.3) is 16.7 Å². The largest absolute Gasteiger partial charge is 0.493 e. The number of fused-ring (bicyclic) bond motifs is 2. The summed E-state index contributed by atoms with van der Waals surface area (Å²) in [5.74, 6) is 1.65. The number of ether oxygens (including phenoxy) is 2. The number of benzene rings is 3. The van der Waals surface area contributed by atoms with Gasteiger partial charge in [-0.1, -0.05) is 36.7 Å². The molecular formula is C28H28ClN3O3. The number of nitrogens with one attached hydrogen (secondary N) is 1. The fourth-order valence-corrected chi connectivity index (χ4v) is 4.91. The van der Waals surface area contributed by atoms with Gasteiger partial charge in [-0.05, 0) is 48.4 Å². The van der Waals surface area contributed by atoms with Crippen LogP contribution in [0.3, 0.4) is 0 Å². The zero-order valence-electron chi connectivity index (χ0n) is 20.1. The highest BCUT2D eigenvalue weighted by molar-refractivity contribution is 6.31. The molecule has 1 atom stereocenters. The molecule has 0 spiro atoms. The van der Waals surface area contributed by atoms with Crippen LogP contribution in [-0.4, -0.2) is 29.2 Å². The van der Waals surface area contributed by atoms with Crippen molar-refractivity contribution in [1.29, 1.82) is 0 Å². The van der Waals surface area contributed by atoms with Gasteiger partial charge in [-0.25, -0.2) is 4.98 Å². The lowest BCUT2D eigenvalue weighted by Crippen LogP contribution is -2.09. The second-order valence-electron chi connectivity index (χ2n) is 8.81. The topological polar surface area (TPSA) is 65.4 Å². The van der Waals surface area contributed by atoms with E-state index in [0.29, 0.717) is 24.6 Å². The summed E-state index contributed by atoms with van der Waals surface area (Å²) in [7, 11) is 1.41. The van der Waals surface area contributed by atoms with Crippen molar-refractivity contribution in [2.45, 2.75) is 39.2 Å². The second kappa shape index (κ2) is 9.62. The maximum Gasteiger partial charge on any atom is 0.306 e. The summed E-state index contributed by atoms with van der Waals surface area (Å²) in [6, 6.07) is 18.3. The third-order valence-electron chi connectivity index (χ3n) is 6.68. The number of carbonyl (C=O) groups is 1. The average molecular weight is 490 g/mol. The summed E-state index contributed by atoms with van der Waals surface area (Å²) in [6.45, 7) is 5.42. The maximum atomic E-state index is 11.7. The summed E-state index contributed by atoms with van der Waals surface area (Å²) in [5, 5.41) is 4.23. The Kier molecular flexibility index (Phi) is 6.39. The summed E-state index contributed by atoms with van der Waals surface area (Å²) in [4.78, 5) is 16.5. The van der Waals surface area contributed by atoms with Crippen LogP contribution < -0.4 is 10.1 Å². The van der Waals surface area contributed by atoms with Crippen LogP contribution in [0.5, 0.6) is 5.75 Å². The van der Waals surface area contributed by atoms with Gasteiger partial charge in [0.15, 0.2) is 0 Å². The standard InChI is InChI=1S/C28H28ClN3O3/c1-4-27-31-23-11-8-20(29)13-25(23)32(27)24-7-5-6-18(17(24)2)15-30-21-9-10-22-19(12-28(33)34-3)16-35-26(22)14-21/h5-11,13-14,19,30H,4,12,15-16H2,1-3H3/t19-/m1/s1. The molecule has 0 saturated carbocycles. The average Bonchev–Trinajstić information content (AvgIpc) is 3.43. The van der Waals surface area contributed by atoms with Crippen LogP contribution >= 0.6 is 11.6 Å². The van der Waals surface area contributed by atoms with E-state index >= 15 is 0 Å². The Morgan fingerprint density at radius 3 is 2.89 bits per heavy atom. The first-order chi connectivity index (χ1) is 17.0. The number of anilines is 1. The van der Waals surface area contributed by atoms with Crippen molar-refractivity contribution in [2.24, 2.45) is 0 Å². The SMILES string of the molecule is CCc1nc2ccc(Cl)cc2n1-c1cccc(CNc2ccc3c(c2)OC[C@H]3CC(=O)OC)c1C. The van der Waals surface area contributed by atoms with Crippen molar-refractivity contribution in [3.8, 4) is 11.4 Å². The zero-order chi connectivity index (χ0) is 24.5. The molecule has 0 unspecified atom stereocenters. The number of methoxy groups -OCH3 is 1. The molecular weight excluding hydrogens is 462 g/mol. The number of rotatable bonds is 7. The van der Waals surface area contributed by atoms with Gasteiger partial charge in [-0.15, -0.1) is 0 Å². The summed E-state index contributed by atoms with van der Waals surface area (Å²) in [6.07, 6.45) is 1.15. The molecule has 1 aliphatic rings. The van der Waals surface area contributed by atoms with Crippen LogP contribution in [0.1, 0.15) is 41.8 Å². The monoisotopic (exact) mass is 489 g/mol. The number of hydrogen-bond donors (Lipinski definition) is 1.